The zero-order chi connectivity index (χ0) is 14.8. The zero-order valence-corrected chi connectivity index (χ0v) is 13.3. The van der Waals surface area contributed by atoms with Crippen LogP contribution < -0.4 is 0 Å². The lowest BCUT2D eigenvalue weighted by Gasteiger charge is -2.55. The van der Waals surface area contributed by atoms with E-state index in [1.165, 1.54) is 0 Å². The number of nitrogens with zero attached hydrogens (tertiary/aromatic N) is 1. The first-order valence-electron chi connectivity index (χ1n) is 7.30. The minimum absolute atomic E-state index is 0.111. The lowest BCUT2D eigenvalue weighted by Crippen LogP contribution is -2.63. The Bertz CT molecular complexity index is 271. The third-order valence-electron chi connectivity index (χ3n) is 3.95. The van der Waals surface area contributed by atoms with Crippen molar-refractivity contribution in [1.29, 1.82) is 0 Å². The summed E-state index contributed by atoms with van der Waals surface area (Å²) in [6.07, 6.45) is 0.878. The van der Waals surface area contributed by atoms with Gasteiger partial charge in [0, 0.05) is 17.6 Å². The second kappa shape index (κ2) is 6.08. The van der Waals surface area contributed by atoms with E-state index in [0.717, 1.165) is 12.8 Å². The molecule has 0 aromatic rings. The van der Waals surface area contributed by atoms with Gasteiger partial charge in [0.05, 0.1) is 24.9 Å². The minimum atomic E-state index is -0.490. The van der Waals surface area contributed by atoms with Gasteiger partial charge in [-0.25, -0.2) is 0 Å². The van der Waals surface area contributed by atoms with Crippen LogP contribution in [0.15, 0.2) is 0 Å². The molecule has 1 saturated heterocycles. The number of piperidine rings is 1. The van der Waals surface area contributed by atoms with Crippen LogP contribution in [0.3, 0.4) is 0 Å². The lowest BCUT2D eigenvalue weighted by atomic mass is 9.78. The van der Waals surface area contributed by atoms with Crippen molar-refractivity contribution in [3.8, 4) is 0 Å². The minimum Gasteiger partial charge on any atom is -0.393 e. The molecule has 1 aliphatic rings. The van der Waals surface area contributed by atoms with Gasteiger partial charge in [0.15, 0.2) is 0 Å². The molecule has 0 amide bonds. The second-order valence-corrected chi connectivity index (χ2v) is 7.33. The predicted octanol–water partition coefficient (Wildman–Crippen LogP) is 1.79. The molecule has 1 fully saturated rings. The first-order chi connectivity index (χ1) is 8.54. The number of rotatable bonds is 5. The fraction of sp³-hybridized carbons (Fsp3) is 1.00. The zero-order valence-electron chi connectivity index (χ0n) is 13.3. The van der Waals surface area contributed by atoms with Gasteiger partial charge in [-0.1, -0.05) is 0 Å². The van der Waals surface area contributed by atoms with Crippen LogP contribution in [0.4, 0.5) is 0 Å². The third kappa shape index (κ3) is 4.71. The van der Waals surface area contributed by atoms with Crippen LogP contribution in [0.2, 0.25) is 0 Å². The Labute approximate surface area is 117 Å². The van der Waals surface area contributed by atoms with Crippen molar-refractivity contribution in [2.24, 2.45) is 0 Å². The van der Waals surface area contributed by atoms with Crippen molar-refractivity contribution in [2.45, 2.75) is 83.8 Å². The molecule has 0 saturated carbocycles. The van der Waals surface area contributed by atoms with Gasteiger partial charge < -0.3 is 14.9 Å². The summed E-state index contributed by atoms with van der Waals surface area (Å²) in [5.41, 5.74) is -0.222. The molecule has 4 heteroatoms. The van der Waals surface area contributed by atoms with Gasteiger partial charge in [-0.15, -0.1) is 0 Å². The number of aliphatic hydroxyl groups excluding tert-OH is 2. The molecule has 1 heterocycles. The summed E-state index contributed by atoms with van der Waals surface area (Å²) in [5, 5.41) is 20.1. The second-order valence-electron chi connectivity index (χ2n) is 7.33. The van der Waals surface area contributed by atoms with Gasteiger partial charge in [-0.2, -0.15) is 0 Å². The lowest BCUT2D eigenvalue weighted by molar-refractivity contribution is -0.107. The fourth-order valence-electron chi connectivity index (χ4n) is 3.33. The predicted molar refractivity (Wildman–Crippen MR) is 77.2 cm³/mol. The smallest absolute Gasteiger partial charge is 0.0900 e. The van der Waals surface area contributed by atoms with E-state index in [9.17, 15) is 10.2 Å². The van der Waals surface area contributed by atoms with Crippen molar-refractivity contribution in [3.05, 3.63) is 0 Å². The molecule has 114 valence electrons. The molecular weight excluding hydrogens is 242 g/mol. The number of hydrogen-bond donors (Lipinski definition) is 2. The normalized spacial score (nSPS) is 25.7. The van der Waals surface area contributed by atoms with Crippen molar-refractivity contribution in [1.82, 2.24) is 4.90 Å². The van der Waals surface area contributed by atoms with Gasteiger partial charge in [-0.05, 0) is 54.4 Å². The highest BCUT2D eigenvalue weighted by Crippen LogP contribution is 2.38. The first kappa shape index (κ1) is 16.9. The molecular formula is C15H31NO3. The number of ether oxygens (including phenoxy) is 1. The molecule has 19 heavy (non-hydrogen) atoms. The van der Waals surface area contributed by atoms with Crippen LogP contribution in [0.25, 0.3) is 0 Å². The van der Waals surface area contributed by atoms with Gasteiger partial charge in [0.1, 0.15) is 0 Å². The largest absolute Gasteiger partial charge is 0.393 e. The summed E-state index contributed by atoms with van der Waals surface area (Å²) in [6.45, 7) is 13.4. The molecule has 0 spiro atoms. The summed E-state index contributed by atoms with van der Waals surface area (Å²) in [6, 6.07) is 0. The van der Waals surface area contributed by atoms with Crippen molar-refractivity contribution in [2.75, 3.05) is 13.2 Å². The molecule has 0 bridgehead atoms. The topological polar surface area (TPSA) is 52.9 Å². The van der Waals surface area contributed by atoms with E-state index in [-0.39, 0.29) is 23.3 Å². The number of aliphatic hydroxyl groups is 2. The SMILES string of the molecule is CC(C)OC[C@H](O)CN1C(C)(C)CC(O)CC1(C)C. The Hall–Kier alpha value is -0.160. The summed E-state index contributed by atoms with van der Waals surface area (Å²) < 4.78 is 5.48. The van der Waals surface area contributed by atoms with Gasteiger partial charge in [-0.3, -0.25) is 4.90 Å². The maximum atomic E-state index is 10.2. The molecule has 1 atom stereocenters. The molecule has 1 rings (SSSR count). The van der Waals surface area contributed by atoms with E-state index in [2.05, 4.69) is 32.6 Å². The molecule has 4 nitrogen and oxygen atoms in total. The van der Waals surface area contributed by atoms with Crippen LogP contribution in [-0.4, -0.2) is 57.7 Å². The van der Waals surface area contributed by atoms with E-state index in [1.807, 2.05) is 13.8 Å². The van der Waals surface area contributed by atoms with Crippen LogP contribution >= 0.6 is 0 Å². The van der Waals surface area contributed by atoms with Crippen molar-refractivity contribution >= 4 is 0 Å². The molecule has 0 unspecified atom stereocenters. The first-order valence-corrected chi connectivity index (χ1v) is 7.30. The summed E-state index contributed by atoms with van der Waals surface area (Å²) in [4.78, 5) is 2.31. The highest BCUT2D eigenvalue weighted by Gasteiger charge is 2.45. The van der Waals surface area contributed by atoms with E-state index >= 15 is 0 Å². The van der Waals surface area contributed by atoms with Gasteiger partial charge in [0.25, 0.3) is 0 Å². The number of hydrogen-bond acceptors (Lipinski definition) is 4. The quantitative estimate of drug-likeness (QED) is 0.802. The molecule has 2 N–H and O–H groups in total. The van der Waals surface area contributed by atoms with E-state index in [4.69, 9.17) is 4.74 Å². The highest BCUT2D eigenvalue weighted by atomic mass is 16.5. The monoisotopic (exact) mass is 273 g/mol. The Balaban J connectivity index is 2.67. The molecule has 0 aromatic heterocycles. The molecule has 0 radical (unpaired) electrons. The Morgan fingerprint density at radius 1 is 1.16 bits per heavy atom. The Kier molecular flexibility index (Phi) is 5.41. The average Bonchev–Trinajstić information content (AvgIpc) is 2.18. The summed E-state index contributed by atoms with van der Waals surface area (Å²) >= 11 is 0. The van der Waals surface area contributed by atoms with E-state index in [0.29, 0.717) is 13.2 Å². The standard InChI is InChI=1S/C15H31NO3/c1-11(2)19-10-13(18)9-16-14(3,4)7-12(17)8-15(16,5)6/h11-13,17-18H,7-10H2,1-6H3/t13-/m1/s1. The summed E-state index contributed by atoms with van der Waals surface area (Å²) in [5.74, 6) is 0. The molecule has 0 aromatic carbocycles. The van der Waals surface area contributed by atoms with Crippen molar-refractivity contribution in [3.63, 3.8) is 0 Å². The maximum Gasteiger partial charge on any atom is 0.0900 e. The van der Waals surface area contributed by atoms with Crippen LogP contribution in [0.5, 0.6) is 0 Å². The van der Waals surface area contributed by atoms with Crippen molar-refractivity contribution < 1.29 is 14.9 Å². The fourth-order valence-corrected chi connectivity index (χ4v) is 3.33. The van der Waals surface area contributed by atoms with Crippen LogP contribution in [-0.2, 0) is 4.74 Å². The Morgan fingerprint density at radius 2 is 1.63 bits per heavy atom. The maximum absolute atomic E-state index is 10.2. The van der Waals surface area contributed by atoms with Crippen LogP contribution in [0, 0.1) is 0 Å². The van der Waals surface area contributed by atoms with E-state index in [1.54, 1.807) is 0 Å². The number of β-amino-alcohol motifs (C(OH)–C–C–N with tert-alkyl or cyclic N) is 1. The third-order valence-corrected chi connectivity index (χ3v) is 3.95. The van der Waals surface area contributed by atoms with Gasteiger partial charge in [0.2, 0.25) is 0 Å². The highest BCUT2D eigenvalue weighted by molar-refractivity contribution is 5.00. The summed E-state index contributed by atoms with van der Waals surface area (Å²) in [7, 11) is 0. The molecule has 1 aliphatic heterocycles. The van der Waals surface area contributed by atoms with E-state index < -0.39 is 6.10 Å². The number of likely N-dealkylation sites (tertiary alicyclic amines) is 1. The van der Waals surface area contributed by atoms with Crippen LogP contribution in [0.1, 0.15) is 54.4 Å². The average molecular weight is 273 g/mol. The molecule has 0 aliphatic carbocycles. The van der Waals surface area contributed by atoms with Gasteiger partial charge >= 0.3 is 0 Å². The Morgan fingerprint density at radius 3 is 2.05 bits per heavy atom.